The minimum Gasteiger partial charge on any atom is -0.474 e. The first kappa shape index (κ1) is 29.4. The number of halogens is 2. The summed E-state index contributed by atoms with van der Waals surface area (Å²) in [5.74, 6) is -1.47. The van der Waals surface area contributed by atoms with Gasteiger partial charge in [0.2, 0.25) is 5.88 Å². The van der Waals surface area contributed by atoms with E-state index >= 15 is 0 Å². The third-order valence-electron chi connectivity index (χ3n) is 6.78. The first-order chi connectivity index (χ1) is 19.3. The number of hydrogen-bond acceptors (Lipinski definition) is 7. The van der Waals surface area contributed by atoms with Crippen molar-refractivity contribution in [3.05, 3.63) is 71.3 Å². The molecule has 10 nitrogen and oxygen atoms in total. The second kappa shape index (κ2) is 13.7. The zero-order chi connectivity index (χ0) is 28.6. The molecule has 4 rings (SSSR count). The van der Waals surface area contributed by atoms with Gasteiger partial charge in [-0.3, -0.25) is 10.2 Å². The van der Waals surface area contributed by atoms with E-state index in [1.807, 2.05) is 30.3 Å². The topological polar surface area (TPSA) is 110 Å². The van der Waals surface area contributed by atoms with Gasteiger partial charge in [0.05, 0.1) is 30.5 Å². The molecule has 12 heteroatoms. The van der Waals surface area contributed by atoms with Crippen molar-refractivity contribution in [3.63, 3.8) is 0 Å². The molecule has 1 fully saturated rings. The number of carbonyl (C=O) groups excluding carboxylic acids is 1. The molecule has 1 saturated heterocycles. The van der Waals surface area contributed by atoms with Gasteiger partial charge in [0.15, 0.2) is 11.6 Å². The molecule has 2 amide bonds. The molecule has 3 N–H and O–H groups in total. The van der Waals surface area contributed by atoms with Crippen molar-refractivity contribution in [1.82, 2.24) is 20.0 Å². The standard InChI is InChI=1S/C28H35F2N5O5/c1-18-26(35(20-7-5-4-6-8-20)33-27(18)40-17-21(36)16-39-3)32-28(37)31-25-15-34(11-12-38-2)14-22(25)19-9-10-23(29)24(30)13-19/h4-10,13,21-22,25,36H,11-12,14-17H2,1-3H3,(H2,31,32,37)/t21?,22-,25+/m0/s1. The molecule has 0 saturated carbocycles. The molecule has 3 atom stereocenters. The minimum atomic E-state index is -0.929. The van der Waals surface area contributed by atoms with Crippen LogP contribution in [0.2, 0.25) is 0 Å². The molecular weight excluding hydrogens is 524 g/mol. The molecule has 1 aliphatic heterocycles. The number of ether oxygens (including phenoxy) is 3. The number of likely N-dealkylation sites (tertiary alicyclic amines) is 1. The maximum absolute atomic E-state index is 14.1. The first-order valence-corrected chi connectivity index (χ1v) is 13.0. The van der Waals surface area contributed by atoms with E-state index in [0.29, 0.717) is 48.9 Å². The van der Waals surface area contributed by atoms with E-state index in [9.17, 15) is 18.7 Å². The van der Waals surface area contributed by atoms with E-state index < -0.39 is 23.8 Å². The zero-order valence-electron chi connectivity index (χ0n) is 22.8. The van der Waals surface area contributed by atoms with Crippen molar-refractivity contribution in [2.75, 3.05) is 59.0 Å². The Labute approximate surface area is 231 Å². The molecule has 1 aliphatic rings. The normalized spacial score (nSPS) is 18.1. The highest BCUT2D eigenvalue weighted by Crippen LogP contribution is 2.31. The second-order valence-corrected chi connectivity index (χ2v) is 9.68. The van der Waals surface area contributed by atoms with E-state index in [1.165, 1.54) is 13.2 Å². The number of aliphatic hydroxyl groups is 1. The summed E-state index contributed by atoms with van der Waals surface area (Å²) in [6, 6.07) is 12.2. The largest absolute Gasteiger partial charge is 0.474 e. The number of rotatable bonds is 12. The van der Waals surface area contributed by atoms with Crippen molar-refractivity contribution in [3.8, 4) is 11.6 Å². The van der Waals surface area contributed by atoms with Crippen LogP contribution in [0.25, 0.3) is 5.69 Å². The van der Waals surface area contributed by atoms with Gasteiger partial charge in [-0.2, -0.15) is 0 Å². The molecule has 0 radical (unpaired) electrons. The summed E-state index contributed by atoms with van der Waals surface area (Å²) in [6.45, 7) is 4.00. The highest BCUT2D eigenvalue weighted by molar-refractivity contribution is 5.90. The number of para-hydroxylation sites is 1. The fraction of sp³-hybridized carbons (Fsp3) is 0.429. The number of nitrogens with one attached hydrogen (secondary N) is 2. The number of carbonyl (C=O) groups is 1. The van der Waals surface area contributed by atoms with Crippen LogP contribution >= 0.6 is 0 Å². The summed E-state index contributed by atoms with van der Waals surface area (Å²) in [5.41, 5.74) is 1.85. The predicted octanol–water partition coefficient (Wildman–Crippen LogP) is 3.08. The van der Waals surface area contributed by atoms with Crippen molar-refractivity contribution in [2.45, 2.75) is 25.0 Å². The van der Waals surface area contributed by atoms with Gasteiger partial charge in [-0.25, -0.2) is 18.3 Å². The molecule has 2 aromatic carbocycles. The maximum Gasteiger partial charge on any atom is 0.320 e. The Balaban J connectivity index is 1.55. The summed E-state index contributed by atoms with van der Waals surface area (Å²) in [5, 5.41) is 20.4. The molecule has 0 bridgehead atoms. The lowest BCUT2D eigenvalue weighted by Crippen LogP contribution is -2.42. The van der Waals surface area contributed by atoms with Gasteiger partial charge in [0.1, 0.15) is 18.5 Å². The number of nitrogens with zero attached hydrogens (tertiary/aromatic N) is 3. The quantitative estimate of drug-likeness (QED) is 0.313. The predicted molar refractivity (Wildman–Crippen MR) is 145 cm³/mol. The van der Waals surface area contributed by atoms with Gasteiger partial charge < -0.3 is 24.6 Å². The van der Waals surface area contributed by atoms with Crippen molar-refractivity contribution in [1.29, 1.82) is 0 Å². The van der Waals surface area contributed by atoms with Crippen LogP contribution in [0.4, 0.5) is 19.4 Å². The van der Waals surface area contributed by atoms with Crippen molar-refractivity contribution >= 4 is 11.8 Å². The van der Waals surface area contributed by atoms with Crippen LogP contribution in [0, 0.1) is 18.6 Å². The van der Waals surface area contributed by atoms with Crippen LogP contribution in [-0.4, -0.2) is 91.6 Å². The molecule has 2 heterocycles. The van der Waals surface area contributed by atoms with Crippen LogP contribution in [0.3, 0.4) is 0 Å². The number of aromatic nitrogens is 2. The Kier molecular flexibility index (Phi) is 10.0. The Morgan fingerprint density at radius 2 is 1.88 bits per heavy atom. The molecule has 1 aromatic heterocycles. The third kappa shape index (κ3) is 7.13. The summed E-state index contributed by atoms with van der Waals surface area (Å²) < 4.78 is 45.1. The highest BCUT2D eigenvalue weighted by Gasteiger charge is 2.35. The maximum atomic E-state index is 14.1. The van der Waals surface area contributed by atoms with Crippen LogP contribution in [0.1, 0.15) is 17.0 Å². The molecule has 40 heavy (non-hydrogen) atoms. The average molecular weight is 560 g/mol. The Morgan fingerprint density at radius 1 is 1.10 bits per heavy atom. The Hall–Kier alpha value is -3.58. The van der Waals surface area contributed by atoms with Crippen LogP contribution in [0.15, 0.2) is 48.5 Å². The van der Waals surface area contributed by atoms with E-state index in [-0.39, 0.29) is 31.1 Å². The summed E-state index contributed by atoms with van der Waals surface area (Å²) in [4.78, 5) is 15.5. The zero-order valence-corrected chi connectivity index (χ0v) is 22.8. The number of benzene rings is 2. The van der Waals surface area contributed by atoms with Gasteiger partial charge in [0, 0.05) is 39.8 Å². The van der Waals surface area contributed by atoms with Crippen LogP contribution < -0.4 is 15.4 Å². The van der Waals surface area contributed by atoms with Gasteiger partial charge >= 0.3 is 6.03 Å². The van der Waals surface area contributed by atoms with Gasteiger partial charge in [0.25, 0.3) is 0 Å². The lowest BCUT2D eigenvalue weighted by molar-refractivity contribution is 0.0311. The van der Waals surface area contributed by atoms with E-state index in [4.69, 9.17) is 14.2 Å². The van der Waals surface area contributed by atoms with Gasteiger partial charge in [-0.05, 0) is 36.8 Å². The smallest absolute Gasteiger partial charge is 0.320 e. The number of anilines is 1. The molecule has 0 spiro atoms. The number of methoxy groups -OCH3 is 2. The second-order valence-electron chi connectivity index (χ2n) is 9.68. The van der Waals surface area contributed by atoms with Gasteiger partial charge in [-0.1, -0.05) is 24.3 Å². The highest BCUT2D eigenvalue weighted by atomic mass is 19.2. The minimum absolute atomic E-state index is 0.0403. The molecule has 216 valence electrons. The summed E-state index contributed by atoms with van der Waals surface area (Å²) >= 11 is 0. The fourth-order valence-electron chi connectivity index (χ4n) is 4.76. The number of hydrogen-bond donors (Lipinski definition) is 3. The van der Waals surface area contributed by atoms with E-state index in [2.05, 4.69) is 20.6 Å². The summed E-state index contributed by atoms with van der Waals surface area (Å²) in [7, 11) is 3.10. The lowest BCUT2D eigenvalue weighted by Gasteiger charge is -2.21. The lowest BCUT2D eigenvalue weighted by atomic mass is 9.94. The van der Waals surface area contributed by atoms with Crippen molar-refractivity contribution in [2.24, 2.45) is 0 Å². The number of aliphatic hydroxyl groups excluding tert-OH is 1. The molecule has 0 aliphatic carbocycles. The van der Waals surface area contributed by atoms with Crippen LogP contribution in [-0.2, 0) is 9.47 Å². The van der Waals surface area contributed by atoms with E-state index in [1.54, 1.807) is 24.8 Å². The monoisotopic (exact) mass is 559 g/mol. The van der Waals surface area contributed by atoms with E-state index in [0.717, 1.165) is 6.07 Å². The number of amides is 2. The Bertz CT molecular complexity index is 1280. The van der Waals surface area contributed by atoms with Crippen LogP contribution in [0.5, 0.6) is 5.88 Å². The Morgan fingerprint density at radius 3 is 2.58 bits per heavy atom. The van der Waals surface area contributed by atoms with Crippen molar-refractivity contribution < 1.29 is 32.9 Å². The average Bonchev–Trinajstić information content (AvgIpc) is 3.48. The first-order valence-electron chi connectivity index (χ1n) is 13.0. The summed E-state index contributed by atoms with van der Waals surface area (Å²) in [6.07, 6.45) is -0.845. The third-order valence-corrected chi connectivity index (χ3v) is 6.78. The SMILES string of the molecule is COCCN1C[C@@H](NC(=O)Nc2c(C)c(OCC(O)COC)nn2-c2ccccc2)[C@H](c2ccc(F)c(F)c2)C1. The molecular formula is C28H35F2N5O5. The molecule has 3 aromatic rings. The fourth-order valence-corrected chi connectivity index (χ4v) is 4.76. The van der Waals surface area contributed by atoms with Gasteiger partial charge in [-0.15, -0.1) is 5.10 Å². The molecule has 1 unspecified atom stereocenters. The number of urea groups is 1.